The number of nitrogens with zero attached hydrogens (tertiary/aromatic N) is 3. The first-order valence-electron chi connectivity index (χ1n) is 7.18. The average Bonchev–Trinajstić information content (AvgIpc) is 2.75. The number of hydrogen-bond acceptors (Lipinski definition) is 3. The van der Waals surface area contributed by atoms with Crippen molar-refractivity contribution in [1.82, 2.24) is 14.7 Å². The Morgan fingerprint density at radius 2 is 2.05 bits per heavy atom. The van der Waals surface area contributed by atoms with E-state index in [0.29, 0.717) is 28.9 Å². The summed E-state index contributed by atoms with van der Waals surface area (Å²) in [6.45, 7) is 0.680. The molecule has 6 nitrogen and oxygen atoms in total. The number of rotatable bonds is 4. The van der Waals surface area contributed by atoms with Crippen molar-refractivity contribution in [2.75, 3.05) is 6.54 Å². The minimum atomic E-state index is -2.76. The van der Waals surface area contributed by atoms with Gasteiger partial charge >= 0.3 is 12.5 Å². The summed E-state index contributed by atoms with van der Waals surface area (Å²) in [6, 6.07) is -0.827. The molecule has 1 aliphatic heterocycles. The Bertz CT molecular complexity index is 586. The molecule has 1 unspecified atom stereocenters. The number of carbonyl (C=O) groups is 2. The van der Waals surface area contributed by atoms with Gasteiger partial charge in [-0.2, -0.15) is 13.9 Å². The van der Waals surface area contributed by atoms with Crippen molar-refractivity contribution in [2.24, 2.45) is 0 Å². The molecular weight excluding hydrogens is 296 g/mol. The Hall–Kier alpha value is -1.99. The van der Waals surface area contributed by atoms with Crippen LogP contribution in [0.1, 0.15) is 42.8 Å². The Morgan fingerprint density at radius 3 is 2.59 bits per heavy atom. The number of carboxylic acid groups (broad SMARTS) is 1. The molecule has 8 heteroatoms. The summed E-state index contributed by atoms with van der Waals surface area (Å²) in [5.41, 5.74) is 1.06. The SMILES string of the molecule is Cc1nn(C(F)F)c(C)c1CC(=O)N1CCCCC1C(=O)O. The summed E-state index contributed by atoms with van der Waals surface area (Å²) >= 11 is 0. The molecule has 1 N–H and O–H groups in total. The zero-order chi connectivity index (χ0) is 16.4. The topological polar surface area (TPSA) is 75.4 Å². The largest absolute Gasteiger partial charge is 0.480 e. The summed E-state index contributed by atoms with van der Waals surface area (Å²) < 4.78 is 26.2. The fourth-order valence-electron chi connectivity index (χ4n) is 2.88. The third-order valence-corrected chi connectivity index (χ3v) is 4.10. The summed E-state index contributed by atoms with van der Waals surface area (Å²) in [5.74, 6) is -1.38. The Balaban J connectivity index is 2.19. The van der Waals surface area contributed by atoms with Gasteiger partial charge in [0.05, 0.1) is 12.1 Å². The van der Waals surface area contributed by atoms with Gasteiger partial charge in [-0.05, 0) is 33.1 Å². The van der Waals surface area contributed by atoms with Crippen molar-refractivity contribution in [3.63, 3.8) is 0 Å². The van der Waals surface area contributed by atoms with E-state index in [-0.39, 0.29) is 18.0 Å². The minimum absolute atomic E-state index is 0.103. The van der Waals surface area contributed by atoms with Crippen LogP contribution in [0.4, 0.5) is 8.78 Å². The highest BCUT2D eigenvalue weighted by Gasteiger charge is 2.32. The van der Waals surface area contributed by atoms with Crippen LogP contribution in [0.15, 0.2) is 0 Å². The third-order valence-electron chi connectivity index (χ3n) is 4.10. The van der Waals surface area contributed by atoms with Gasteiger partial charge in [-0.25, -0.2) is 9.48 Å². The fourth-order valence-corrected chi connectivity index (χ4v) is 2.88. The number of alkyl halides is 2. The Kier molecular flexibility index (Phi) is 4.77. The molecule has 1 fully saturated rings. The van der Waals surface area contributed by atoms with E-state index < -0.39 is 18.6 Å². The first-order chi connectivity index (χ1) is 10.3. The van der Waals surface area contributed by atoms with E-state index in [4.69, 9.17) is 0 Å². The molecule has 1 aromatic rings. The molecule has 0 spiro atoms. The quantitative estimate of drug-likeness (QED) is 0.921. The molecule has 1 saturated heterocycles. The molecule has 1 aromatic heterocycles. The van der Waals surface area contributed by atoms with Gasteiger partial charge in [-0.15, -0.1) is 0 Å². The van der Waals surface area contributed by atoms with Crippen LogP contribution in [0.25, 0.3) is 0 Å². The molecule has 0 saturated carbocycles. The lowest BCUT2D eigenvalue weighted by molar-refractivity contribution is -0.151. The molecule has 0 bridgehead atoms. The smallest absolute Gasteiger partial charge is 0.333 e. The van der Waals surface area contributed by atoms with Crippen molar-refractivity contribution in [1.29, 1.82) is 0 Å². The lowest BCUT2D eigenvalue weighted by Crippen LogP contribution is -2.48. The van der Waals surface area contributed by atoms with Gasteiger partial charge in [0.15, 0.2) is 0 Å². The van der Waals surface area contributed by atoms with Crippen molar-refractivity contribution in [3.8, 4) is 0 Å². The van der Waals surface area contributed by atoms with Gasteiger partial charge in [0.25, 0.3) is 0 Å². The highest BCUT2D eigenvalue weighted by Crippen LogP contribution is 2.23. The average molecular weight is 315 g/mol. The fraction of sp³-hybridized carbons (Fsp3) is 0.643. The molecule has 0 radical (unpaired) electrons. The summed E-state index contributed by atoms with van der Waals surface area (Å²) in [7, 11) is 0. The summed E-state index contributed by atoms with van der Waals surface area (Å²) in [5, 5.41) is 12.9. The molecule has 122 valence electrons. The molecular formula is C14H19F2N3O3. The first-order valence-corrected chi connectivity index (χ1v) is 7.18. The molecule has 22 heavy (non-hydrogen) atoms. The van der Waals surface area contributed by atoms with Gasteiger partial charge in [-0.1, -0.05) is 0 Å². The predicted molar refractivity (Wildman–Crippen MR) is 73.6 cm³/mol. The second kappa shape index (κ2) is 6.41. The number of aromatic nitrogens is 2. The number of piperidine rings is 1. The molecule has 1 amide bonds. The van der Waals surface area contributed by atoms with Gasteiger partial charge in [-0.3, -0.25) is 4.79 Å². The van der Waals surface area contributed by atoms with Crippen LogP contribution < -0.4 is 0 Å². The number of carbonyl (C=O) groups excluding carboxylic acids is 1. The predicted octanol–water partition coefficient (Wildman–Crippen LogP) is 1.90. The maximum absolute atomic E-state index is 12.8. The first kappa shape index (κ1) is 16.4. The monoisotopic (exact) mass is 315 g/mol. The van der Waals surface area contributed by atoms with Gasteiger partial charge in [0, 0.05) is 17.8 Å². The molecule has 0 aliphatic carbocycles. The van der Waals surface area contributed by atoms with Crippen LogP contribution in [0, 0.1) is 13.8 Å². The van der Waals surface area contributed by atoms with Crippen LogP contribution >= 0.6 is 0 Å². The maximum Gasteiger partial charge on any atom is 0.333 e. The third kappa shape index (κ3) is 3.10. The van der Waals surface area contributed by atoms with Crippen LogP contribution in [-0.4, -0.2) is 44.3 Å². The highest BCUT2D eigenvalue weighted by molar-refractivity contribution is 5.85. The van der Waals surface area contributed by atoms with Crippen LogP contribution in [0.2, 0.25) is 0 Å². The van der Waals surface area contributed by atoms with E-state index in [2.05, 4.69) is 5.10 Å². The Labute approximate surface area is 126 Å². The van der Waals surface area contributed by atoms with Crippen LogP contribution in [0.3, 0.4) is 0 Å². The van der Waals surface area contributed by atoms with Crippen LogP contribution in [0.5, 0.6) is 0 Å². The summed E-state index contributed by atoms with van der Waals surface area (Å²) in [4.78, 5) is 25.0. The molecule has 2 heterocycles. The molecule has 2 rings (SSSR count). The van der Waals surface area contributed by atoms with E-state index in [1.165, 1.54) is 11.8 Å². The van der Waals surface area contributed by atoms with Crippen LogP contribution in [-0.2, 0) is 16.0 Å². The number of aliphatic carboxylic acids is 1. The molecule has 1 atom stereocenters. The standard InChI is InChI=1S/C14H19F2N3O3/c1-8-10(9(2)19(17-8)14(15)16)7-12(20)18-6-4-3-5-11(18)13(21)22/h11,14H,3-7H2,1-2H3,(H,21,22). The normalized spacial score (nSPS) is 18.8. The minimum Gasteiger partial charge on any atom is -0.480 e. The zero-order valence-corrected chi connectivity index (χ0v) is 12.6. The van der Waals surface area contributed by atoms with Crippen molar-refractivity contribution < 1.29 is 23.5 Å². The number of amides is 1. The van der Waals surface area contributed by atoms with E-state index >= 15 is 0 Å². The zero-order valence-electron chi connectivity index (χ0n) is 12.6. The molecule has 0 aromatic carbocycles. The van der Waals surface area contributed by atoms with E-state index in [1.54, 1.807) is 6.92 Å². The second-order valence-corrected chi connectivity index (χ2v) is 5.49. The van der Waals surface area contributed by atoms with Crippen molar-refractivity contribution in [2.45, 2.75) is 52.1 Å². The van der Waals surface area contributed by atoms with Crippen molar-refractivity contribution in [3.05, 3.63) is 17.0 Å². The maximum atomic E-state index is 12.8. The number of carboxylic acids is 1. The van der Waals surface area contributed by atoms with Crippen molar-refractivity contribution >= 4 is 11.9 Å². The lowest BCUT2D eigenvalue weighted by Gasteiger charge is -2.33. The van der Waals surface area contributed by atoms with E-state index in [9.17, 15) is 23.5 Å². The molecule has 1 aliphatic rings. The van der Waals surface area contributed by atoms with E-state index in [0.717, 1.165) is 12.8 Å². The Morgan fingerprint density at radius 1 is 1.36 bits per heavy atom. The number of hydrogen-bond donors (Lipinski definition) is 1. The lowest BCUT2D eigenvalue weighted by atomic mass is 10.0. The van der Waals surface area contributed by atoms with E-state index in [1.807, 2.05) is 0 Å². The van der Waals surface area contributed by atoms with Gasteiger partial charge in [0.2, 0.25) is 5.91 Å². The highest BCUT2D eigenvalue weighted by atomic mass is 19.3. The number of aryl methyl sites for hydroxylation is 1. The summed E-state index contributed by atoms with van der Waals surface area (Å²) in [6.07, 6.45) is 1.84. The van der Waals surface area contributed by atoms with Gasteiger partial charge < -0.3 is 10.0 Å². The van der Waals surface area contributed by atoms with Gasteiger partial charge in [0.1, 0.15) is 6.04 Å². The number of halogens is 2. The number of likely N-dealkylation sites (tertiary alicyclic amines) is 1. The second-order valence-electron chi connectivity index (χ2n) is 5.49.